The van der Waals surface area contributed by atoms with Gasteiger partial charge in [0, 0.05) is 49.1 Å². The Kier molecular flexibility index (Phi) is 6.48. The lowest BCUT2D eigenvalue weighted by Crippen LogP contribution is -2.44. The van der Waals surface area contributed by atoms with Gasteiger partial charge in [0.1, 0.15) is 29.3 Å². The van der Waals surface area contributed by atoms with Crippen molar-refractivity contribution in [2.24, 2.45) is 0 Å². The van der Waals surface area contributed by atoms with Crippen molar-refractivity contribution >= 4 is 17.5 Å². The highest BCUT2D eigenvalue weighted by Gasteiger charge is 2.33. The molecular formula is C19H22F3N5O3. The highest BCUT2D eigenvalue weighted by atomic mass is 19.4. The van der Waals surface area contributed by atoms with Crippen molar-refractivity contribution in [3.63, 3.8) is 0 Å². The Labute approximate surface area is 171 Å². The molecule has 2 N–H and O–H groups in total. The first-order valence-electron chi connectivity index (χ1n) is 9.23. The van der Waals surface area contributed by atoms with Crippen LogP contribution in [0.3, 0.4) is 0 Å². The van der Waals surface area contributed by atoms with Gasteiger partial charge in [-0.05, 0) is 12.8 Å². The van der Waals surface area contributed by atoms with Gasteiger partial charge in [0.05, 0.1) is 14.2 Å². The number of likely N-dealkylation sites (tertiary alicyclic amines) is 1. The molecule has 0 spiro atoms. The maximum Gasteiger partial charge on any atom is 0.433 e. The number of benzene rings is 1. The maximum atomic E-state index is 12.8. The van der Waals surface area contributed by atoms with Gasteiger partial charge in [-0.2, -0.15) is 13.2 Å². The number of carbonyl (C=O) groups is 1. The van der Waals surface area contributed by atoms with Gasteiger partial charge in [0.2, 0.25) is 0 Å². The molecule has 2 aromatic rings. The van der Waals surface area contributed by atoms with Crippen LogP contribution in [0.5, 0.6) is 11.5 Å². The van der Waals surface area contributed by atoms with E-state index in [1.165, 1.54) is 14.2 Å². The number of amides is 2. The monoisotopic (exact) mass is 425 g/mol. The smallest absolute Gasteiger partial charge is 0.433 e. The van der Waals surface area contributed by atoms with E-state index in [0.717, 1.165) is 12.4 Å². The van der Waals surface area contributed by atoms with E-state index in [4.69, 9.17) is 9.47 Å². The van der Waals surface area contributed by atoms with E-state index in [-0.39, 0.29) is 17.9 Å². The zero-order valence-electron chi connectivity index (χ0n) is 16.5. The van der Waals surface area contributed by atoms with Crippen molar-refractivity contribution in [2.75, 3.05) is 37.9 Å². The number of carbonyl (C=O) groups excluding carboxylic acids is 1. The van der Waals surface area contributed by atoms with Crippen molar-refractivity contribution in [2.45, 2.75) is 25.1 Å². The number of nitrogens with one attached hydrogen (secondary N) is 2. The van der Waals surface area contributed by atoms with E-state index in [1.807, 2.05) is 0 Å². The molecular weight excluding hydrogens is 403 g/mol. The molecule has 0 radical (unpaired) electrons. The van der Waals surface area contributed by atoms with Crippen LogP contribution in [0.15, 0.2) is 30.6 Å². The molecule has 3 rings (SSSR count). The van der Waals surface area contributed by atoms with Gasteiger partial charge in [0.15, 0.2) is 0 Å². The highest BCUT2D eigenvalue weighted by Crippen LogP contribution is 2.29. The van der Waals surface area contributed by atoms with Crippen LogP contribution >= 0.6 is 0 Å². The third-order valence-corrected chi connectivity index (χ3v) is 4.69. The maximum absolute atomic E-state index is 12.8. The second-order valence-electron chi connectivity index (χ2n) is 6.72. The first-order chi connectivity index (χ1) is 14.3. The summed E-state index contributed by atoms with van der Waals surface area (Å²) in [6, 6.07) is 5.58. The number of hydrogen-bond acceptors (Lipinski definition) is 6. The Morgan fingerprint density at radius 3 is 2.27 bits per heavy atom. The fourth-order valence-electron chi connectivity index (χ4n) is 3.11. The van der Waals surface area contributed by atoms with Crippen LogP contribution in [0.25, 0.3) is 0 Å². The Morgan fingerprint density at radius 2 is 1.70 bits per heavy atom. The third-order valence-electron chi connectivity index (χ3n) is 4.69. The molecule has 1 aliphatic heterocycles. The minimum Gasteiger partial charge on any atom is -0.497 e. The lowest BCUT2D eigenvalue weighted by molar-refractivity contribution is -0.141. The van der Waals surface area contributed by atoms with E-state index in [9.17, 15) is 18.0 Å². The van der Waals surface area contributed by atoms with Crippen molar-refractivity contribution in [3.8, 4) is 11.5 Å². The number of ether oxygens (including phenoxy) is 2. The van der Waals surface area contributed by atoms with Crippen LogP contribution in [0, 0.1) is 0 Å². The quantitative estimate of drug-likeness (QED) is 0.761. The van der Waals surface area contributed by atoms with Crippen LogP contribution in [0.4, 0.5) is 29.5 Å². The summed E-state index contributed by atoms with van der Waals surface area (Å²) in [6.45, 7) is 0.892. The van der Waals surface area contributed by atoms with Gasteiger partial charge in [-0.15, -0.1) is 0 Å². The Morgan fingerprint density at radius 1 is 1.07 bits per heavy atom. The van der Waals surface area contributed by atoms with Crippen LogP contribution < -0.4 is 20.1 Å². The molecule has 1 saturated heterocycles. The molecule has 0 bridgehead atoms. The average Bonchev–Trinajstić information content (AvgIpc) is 2.73. The summed E-state index contributed by atoms with van der Waals surface area (Å²) in [7, 11) is 3.04. The first kappa shape index (κ1) is 21.5. The van der Waals surface area contributed by atoms with Crippen LogP contribution in [0.2, 0.25) is 0 Å². The molecule has 2 heterocycles. The summed E-state index contributed by atoms with van der Waals surface area (Å²) in [5, 5.41) is 5.80. The zero-order valence-corrected chi connectivity index (χ0v) is 16.5. The van der Waals surface area contributed by atoms with E-state index >= 15 is 0 Å². The minimum absolute atomic E-state index is 0.0954. The second-order valence-corrected chi connectivity index (χ2v) is 6.72. The van der Waals surface area contributed by atoms with Crippen molar-refractivity contribution < 1.29 is 27.4 Å². The number of methoxy groups -OCH3 is 2. The summed E-state index contributed by atoms with van der Waals surface area (Å²) >= 11 is 0. The lowest BCUT2D eigenvalue weighted by Gasteiger charge is -2.32. The van der Waals surface area contributed by atoms with Gasteiger partial charge in [-0.25, -0.2) is 14.8 Å². The number of halogens is 3. The van der Waals surface area contributed by atoms with E-state index < -0.39 is 11.9 Å². The topological polar surface area (TPSA) is 88.6 Å². The fourth-order valence-corrected chi connectivity index (χ4v) is 3.11. The van der Waals surface area contributed by atoms with Crippen molar-refractivity contribution in [1.82, 2.24) is 14.9 Å². The Hall–Kier alpha value is -3.24. The molecule has 8 nitrogen and oxygen atoms in total. The summed E-state index contributed by atoms with van der Waals surface area (Å²) in [6.07, 6.45) is -2.50. The molecule has 0 unspecified atom stereocenters. The minimum atomic E-state index is -4.52. The summed E-state index contributed by atoms with van der Waals surface area (Å²) in [5.41, 5.74) is -0.456. The fraction of sp³-hybridized carbons (Fsp3) is 0.421. The average molecular weight is 425 g/mol. The highest BCUT2D eigenvalue weighted by molar-refractivity contribution is 5.90. The number of hydrogen-bond donors (Lipinski definition) is 2. The Bertz CT molecular complexity index is 864. The molecule has 1 aromatic heterocycles. The van der Waals surface area contributed by atoms with Gasteiger partial charge < -0.3 is 25.0 Å². The second kappa shape index (κ2) is 9.06. The van der Waals surface area contributed by atoms with Gasteiger partial charge in [-0.3, -0.25) is 0 Å². The molecule has 1 aliphatic rings. The number of aromatic nitrogens is 2. The van der Waals surface area contributed by atoms with E-state index in [0.29, 0.717) is 43.1 Å². The van der Waals surface area contributed by atoms with Crippen LogP contribution in [0.1, 0.15) is 18.5 Å². The standard InChI is InChI=1S/C19H22F3N5O3/c1-29-14-7-13(8-15(9-14)30-2)26-18(28)27-5-3-12(4-6-27)25-17-10-16(19(20,21)22)23-11-24-17/h7-12H,3-6H2,1-2H3,(H,26,28)(H,23,24,25). The van der Waals surface area contributed by atoms with Crippen molar-refractivity contribution in [1.29, 1.82) is 0 Å². The van der Waals surface area contributed by atoms with E-state index in [1.54, 1.807) is 23.1 Å². The van der Waals surface area contributed by atoms with Gasteiger partial charge in [0.25, 0.3) is 0 Å². The molecule has 2 amide bonds. The van der Waals surface area contributed by atoms with Gasteiger partial charge in [-0.1, -0.05) is 0 Å². The molecule has 11 heteroatoms. The van der Waals surface area contributed by atoms with Gasteiger partial charge >= 0.3 is 12.2 Å². The molecule has 1 aromatic carbocycles. The normalized spacial score (nSPS) is 14.9. The number of rotatable bonds is 5. The number of nitrogens with zero attached hydrogens (tertiary/aromatic N) is 3. The Balaban J connectivity index is 1.55. The summed E-state index contributed by atoms with van der Waals surface area (Å²) in [4.78, 5) is 21.3. The molecule has 1 fully saturated rings. The van der Waals surface area contributed by atoms with Crippen LogP contribution in [-0.2, 0) is 6.18 Å². The number of alkyl halides is 3. The molecule has 162 valence electrons. The summed E-state index contributed by atoms with van der Waals surface area (Å²) < 4.78 is 48.7. The predicted molar refractivity (Wildman–Crippen MR) is 104 cm³/mol. The van der Waals surface area contributed by atoms with Crippen molar-refractivity contribution in [3.05, 3.63) is 36.3 Å². The molecule has 0 atom stereocenters. The first-order valence-corrected chi connectivity index (χ1v) is 9.23. The SMILES string of the molecule is COc1cc(NC(=O)N2CCC(Nc3cc(C(F)(F)F)ncn3)CC2)cc(OC)c1. The predicted octanol–water partition coefficient (Wildman–Crippen LogP) is 3.62. The molecule has 0 saturated carbocycles. The van der Waals surface area contributed by atoms with E-state index in [2.05, 4.69) is 20.6 Å². The number of piperidine rings is 1. The largest absolute Gasteiger partial charge is 0.497 e. The molecule has 30 heavy (non-hydrogen) atoms. The zero-order chi connectivity index (χ0) is 21.7. The lowest BCUT2D eigenvalue weighted by atomic mass is 10.1. The summed E-state index contributed by atoms with van der Waals surface area (Å²) in [5.74, 6) is 1.22. The molecule has 0 aliphatic carbocycles. The third kappa shape index (κ3) is 5.43. The number of urea groups is 1. The number of anilines is 2. The van der Waals surface area contributed by atoms with Crippen LogP contribution in [-0.4, -0.2) is 54.2 Å².